The summed E-state index contributed by atoms with van der Waals surface area (Å²) >= 11 is 0. The fourth-order valence-corrected chi connectivity index (χ4v) is 2.87. The van der Waals surface area contributed by atoms with Crippen LogP contribution in [0.5, 0.6) is 0 Å². The van der Waals surface area contributed by atoms with E-state index in [9.17, 15) is 9.18 Å². The number of halogens is 1. The van der Waals surface area contributed by atoms with E-state index in [0.29, 0.717) is 36.2 Å². The summed E-state index contributed by atoms with van der Waals surface area (Å²) in [5, 5.41) is 6.89. The third-order valence-electron chi connectivity index (χ3n) is 4.09. The van der Waals surface area contributed by atoms with E-state index >= 15 is 0 Å². The highest BCUT2D eigenvalue weighted by Gasteiger charge is 2.16. The first-order valence-corrected chi connectivity index (χ1v) is 8.08. The van der Waals surface area contributed by atoms with Gasteiger partial charge in [-0.3, -0.25) is 4.79 Å². The van der Waals surface area contributed by atoms with Gasteiger partial charge in [-0.05, 0) is 25.0 Å². The molecule has 0 unspecified atom stereocenters. The van der Waals surface area contributed by atoms with Crippen molar-refractivity contribution in [1.29, 1.82) is 0 Å². The Kier molecular flexibility index (Phi) is 5.00. The molecule has 1 fully saturated rings. The van der Waals surface area contributed by atoms with Crippen LogP contribution in [0.1, 0.15) is 44.4 Å². The van der Waals surface area contributed by atoms with E-state index in [1.54, 1.807) is 12.1 Å². The molecule has 1 aliphatic carbocycles. The Balaban J connectivity index is 1.52. The fourth-order valence-electron chi connectivity index (χ4n) is 2.87. The van der Waals surface area contributed by atoms with E-state index in [4.69, 9.17) is 4.52 Å². The second-order valence-corrected chi connectivity index (χ2v) is 5.92. The van der Waals surface area contributed by atoms with Crippen molar-refractivity contribution in [3.8, 4) is 11.4 Å². The highest BCUT2D eigenvalue weighted by atomic mass is 19.1. The predicted molar refractivity (Wildman–Crippen MR) is 83.0 cm³/mol. The molecule has 0 radical (unpaired) electrons. The zero-order valence-corrected chi connectivity index (χ0v) is 12.9. The quantitative estimate of drug-likeness (QED) is 0.919. The van der Waals surface area contributed by atoms with Gasteiger partial charge >= 0.3 is 0 Å². The maximum Gasteiger partial charge on any atom is 0.227 e. The van der Waals surface area contributed by atoms with Crippen LogP contribution in [0, 0.1) is 5.82 Å². The molecule has 2 aromatic rings. The van der Waals surface area contributed by atoms with Crippen LogP contribution in [0.4, 0.5) is 4.39 Å². The van der Waals surface area contributed by atoms with Gasteiger partial charge in [-0.15, -0.1) is 0 Å². The first-order valence-electron chi connectivity index (χ1n) is 8.08. The molecule has 1 aliphatic rings. The maximum absolute atomic E-state index is 13.2. The number of rotatable bonds is 5. The van der Waals surface area contributed by atoms with Gasteiger partial charge in [0, 0.05) is 24.4 Å². The summed E-state index contributed by atoms with van der Waals surface area (Å²) in [7, 11) is 0. The molecule has 1 amide bonds. The van der Waals surface area contributed by atoms with E-state index in [2.05, 4.69) is 15.5 Å². The minimum Gasteiger partial charge on any atom is -0.353 e. The normalized spacial score (nSPS) is 15.5. The van der Waals surface area contributed by atoms with Crippen LogP contribution in [0.15, 0.2) is 28.8 Å². The second kappa shape index (κ2) is 7.35. The molecule has 0 aliphatic heterocycles. The summed E-state index contributed by atoms with van der Waals surface area (Å²) in [5.41, 5.74) is 0.562. The average Bonchev–Trinajstić information content (AvgIpc) is 3.03. The topological polar surface area (TPSA) is 68.0 Å². The SMILES string of the molecule is O=C(CCc1nc(-c2cccc(F)c2)no1)NC1CCCCC1. The number of aryl methyl sites for hydroxylation is 1. The molecule has 3 rings (SSSR count). The van der Waals surface area contributed by atoms with Gasteiger partial charge in [-0.2, -0.15) is 4.98 Å². The Morgan fingerprint density at radius 1 is 1.30 bits per heavy atom. The molecule has 1 aromatic heterocycles. The number of hydrogen-bond donors (Lipinski definition) is 1. The molecule has 5 nitrogen and oxygen atoms in total. The highest BCUT2D eigenvalue weighted by Crippen LogP contribution is 2.18. The smallest absolute Gasteiger partial charge is 0.227 e. The number of aromatic nitrogens is 2. The van der Waals surface area contributed by atoms with Gasteiger partial charge in [0.25, 0.3) is 0 Å². The van der Waals surface area contributed by atoms with Crippen molar-refractivity contribution < 1.29 is 13.7 Å². The third kappa shape index (κ3) is 4.37. The van der Waals surface area contributed by atoms with Crippen molar-refractivity contribution >= 4 is 5.91 Å². The first-order chi connectivity index (χ1) is 11.2. The summed E-state index contributed by atoms with van der Waals surface area (Å²) in [6.45, 7) is 0. The minimum absolute atomic E-state index is 0.0161. The first kappa shape index (κ1) is 15.6. The van der Waals surface area contributed by atoms with Gasteiger partial charge in [-0.1, -0.05) is 36.6 Å². The van der Waals surface area contributed by atoms with Gasteiger partial charge in [0.05, 0.1) is 0 Å². The minimum atomic E-state index is -0.347. The van der Waals surface area contributed by atoms with Crippen molar-refractivity contribution in [3.05, 3.63) is 36.0 Å². The lowest BCUT2D eigenvalue weighted by Gasteiger charge is -2.22. The molecule has 1 saturated carbocycles. The van der Waals surface area contributed by atoms with E-state index in [1.807, 2.05) is 0 Å². The Labute approximate surface area is 134 Å². The van der Waals surface area contributed by atoms with Crippen LogP contribution >= 0.6 is 0 Å². The molecule has 6 heteroatoms. The van der Waals surface area contributed by atoms with Crippen LogP contribution in [0.25, 0.3) is 11.4 Å². The molecular weight excluding hydrogens is 297 g/mol. The number of nitrogens with one attached hydrogen (secondary N) is 1. The number of hydrogen-bond acceptors (Lipinski definition) is 4. The number of benzene rings is 1. The lowest BCUT2D eigenvalue weighted by molar-refractivity contribution is -0.122. The van der Waals surface area contributed by atoms with Gasteiger partial charge in [-0.25, -0.2) is 4.39 Å². The Bertz CT molecular complexity index is 665. The van der Waals surface area contributed by atoms with Crippen LogP contribution in [-0.4, -0.2) is 22.1 Å². The lowest BCUT2D eigenvalue weighted by atomic mass is 9.95. The summed E-state index contributed by atoms with van der Waals surface area (Å²) in [4.78, 5) is 16.2. The van der Waals surface area contributed by atoms with E-state index in [0.717, 1.165) is 12.8 Å². The number of carbonyl (C=O) groups is 1. The monoisotopic (exact) mass is 317 g/mol. The summed E-state index contributed by atoms with van der Waals surface area (Å²) < 4.78 is 18.3. The van der Waals surface area contributed by atoms with E-state index in [-0.39, 0.29) is 11.7 Å². The largest absolute Gasteiger partial charge is 0.353 e. The number of carbonyl (C=O) groups excluding carboxylic acids is 1. The summed E-state index contributed by atoms with van der Waals surface area (Å²) in [6, 6.07) is 6.33. The zero-order chi connectivity index (χ0) is 16.1. The molecule has 122 valence electrons. The number of nitrogens with zero attached hydrogens (tertiary/aromatic N) is 2. The molecule has 0 saturated heterocycles. The molecule has 23 heavy (non-hydrogen) atoms. The fraction of sp³-hybridized carbons (Fsp3) is 0.471. The Morgan fingerprint density at radius 2 is 2.13 bits per heavy atom. The Morgan fingerprint density at radius 3 is 2.91 bits per heavy atom. The molecule has 1 aromatic carbocycles. The van der Waals surface area contributed by atoms with Crippen molar-refractivity contribution in [2.75, 3.05) is 0 Å². The van der Waals surface area contributed by atoms with Crippen molar-refractivity contribution in [2.45, 2.75) is 51.0 Å². The van der Waals surface area contributed by atoms with Gasteiger partial charge in [0.15, 0.2) is 0 Å². The predicted octanol–water partition coefficient (Wildman–Crippen LogP) is 3.26. The lowest BCUT2D eigenvalue weighted by Crippen LogP contribution is -2.36. The maximum atomic E-state index is 13.2. The van der Waals surface area contributed by atoms with E-state index in [1.165, 1.54) is 31.4 Å². The van der Waals surface area contributed by atoms with Gasteiger partial charge in [0.1, 0.15) is 5.82 Å². The van der Waals surface area contributed by atoms with Crippen molar-refractivity contribution in [2.24, 2.45) is 0 Å². The van der Waals surface area contributed by atoms with Crippen LogP contribution in [0.3, 0.4) is 0 Å². The second-order valence-electron chi connectivity index (χ2n) is 5.92. The van der Waals surface area contributed by atoms with E-state index < -0.39 is 0 Å². The zero-order valence-electron chi connectivity index (χ0n) is 12.9. The molecule has 1 N–H and O–H groups in total. The molecule has 0 atom stereocenters. The number of amides is 1. The van der Waals surface area contributed by atoms with Crippen LogP contribution < -0.4 is 5.32 Å². The molecule has 1 heterocycles. The van der Waals surface area contributed by atoms with Gasteiger partial charge in [0.2, 0.25) is 17.6 Å². The Hall–Kier alpha value is -2.24. The molecule has 0 bridgehead atoms. The molecular formula is C17H20FN3O2. The summed E-state index contributed by atoms with van der Waals surface area (Å²) in [5.74, 6) is 0.401. The third-order valence-corrected chi connectivity index (χ3v) is 4.09. The van der Waals surface area contributed by atoms with Crippen molar-refractivity contribution in [3.63, 3.8) is 0 Å². The summed E-state index contributed by atoms with van der Waals surface area (Å²) in [6.07, 6.45) is 6.47. The standard InChI is InChI=1S/C17H20FN3O2/c18-13-6-4-5-12(11-13)17-20-16(23-21-17)10-9-15(22)19-14-7-2-1-3-8-14/h4-6,11,14H,1-3,7-10H2,(H,19,22). The highest BCUT2D eigenvalue weighted by molar-refractivity contribution is 5.76. The molecule has 0 spiro atoms. The average molecular weight is 317 g/mol. The van der Waals surface area contributed by atoms with Gasteiger partial charge < -0.3 is 9.84 Å². The van der Waals surface area contributed by atoms with Crippen LogP contribution in [0.2, 0.25) is 0 Å². The van der Waals surface area contributed by atoms with Crippen molar-refractivity contribution in [1.82, 2.24) is 15.5 Å². The van der Waals surface area contributed by atoms with Crippen LogP contribution in [-0.2, 0) is 11.2 Å².